The summed E-state index contributed by atoms with van der Waals surface area (Å²) in [6.07, 6.45) is 7.59. The van der Waals surface area contributed by atoms with E-state index >= 15 is 0 Å². The highest BCUT2D eigenvalue weighted by Crippen LogP contribution is 2.39. The second-order valence-electron chi connectivity index (χ2n) is 8.82. The van der Waals surface area contributed by atoms with Crippen molar-refractivity contribution in [2.24, 2.45) is 0 Å². The van der Waals surface area contributed by atoms with E-state index in [0.717, 1.165) is 64.4 Å². The van der Waals surface area contributed by atoms with Crippen LogP contribution in [0.15, 0.2) is 47.4 Å². The lowest BCUT2D eigenvalue weighted by Crippen LogP contribution is -2.21. The number of aromatic nitrogens is 2. The number of nitrogens with zero attached hydrogens (tertiary/aromatic N) is 2. The van der Waals surface area contributed by atoms with Gasteiger partial charge in [0.1, 0.15) is 5.75 Å². The number of nitrogens with one attached hydrogen (secondary N) is 1. The first-order chi connectivity index (χ1) is 16.6. The van der Waals surface area contributed by atoms with Crippen LogP contribution in [0.4, 0.5) is 5.82 Å². The fourth-order valence-electron chi connectivity index (χ4n) is 4.87. The lowest BCUT2D eigenvalue weighted by Gasteiger charge is -2.26. The molecule has 2 aromatic carbocycles. The fraction of sp³-hybridized carbons (Fsp3) is 0.393. The van der Waals surface area contributed by atoms with Gasteiger partial charge in [-0.05, 0) is 67.1 Å². The highest BCUT2D eigenvalue weighted by atomic mass is 32.1. The summed E-state index contributed by atoms with van der Waals surface area (Å²) in [7, 11) is 0. The molecular weight excluding hydrogens is 442 g/mol. The minimum atomic E-state index is -0.0793. The van der Waals surface area contributed by atoms with Gasteiger partial charge in [0.05, 0.1) is 23.5 Å². The summed E-state index contributed by atoms with van der Waals surface area (Å²) in [5, 5.41) is 13.0. The monoisotopic (exact) mass is 475 g/mol. The van der Waals surface area contributed by atoms with Gasteiger partial charge in [-0.25, -0.2) is 9.97 Å². The summed E-state index contributed by atoms with van der Waals surface area (Å²) in [6.45, 7) is 4.00. The third-order valence-electron chi connectivity index (χ3n) is 6.52. The van der Waals surface area contributed by atoms with E-state index in [0.29, 0.717) is 18.2 Å². The molecule has 2 aliphatic carbocycles. The molecule has 1 heterocycles. The Morgan fingerprint density at radius 3 is 2.50 bits per heavy atom. The number of hydrogen-bond donors (Lipinski definition) is 3. The Morgan fingerprint density at radius 1 is 1.03 bits per heavy atom. The second kappa shape index (κ2) is 11.0. The number of amides is 1. The molecule has 178 valence electrons. The molecule has 2 aliphatic rings. The SMILES string of the molecule is CC.O=C(Cc1ccc(S)cc1)Nc1nc2c(nc1C1CCCCC1)-c1ccc(O)cc1CC2. The van der Waals surface area contributed by atoms with E-state index in [-0.39, 0.29) is 11.7 Å². The topological polar surface area (TPSA) is 75.1 Å². The van der Waals surface area contributed by atoms with E-state index in [1.54, 1.807) is 6.07 Å². The first kappa shape index (κ1) is 24.3. The molecule has 0 saturated heterocycles. The number of thiol groups is 1. The first-order valence-corrected chi connectivity index (χ1v) is 12.8. The van der Waals surface area contributed by atoms with Crippen molar-refractivity contribution in [3.8, 4) is 17.0 Å². The Hall–Kier alpha value is -2.86. The van der Waals surface area contributed by atoms with Crippen molar-refractivity contribution >= 4 is 24.4 Å². The van der Waals surface area contributed by atoms with Gasteiger partial charge in [-0.15, -0.1) is 12.6 Å². The molecule has 0 aliphatic heterocycles. The average Bonchev–Trinajstić information content (AvgIpc) is 2.86. The van der Waals surface area contributed by atoms with E-state index in [1.165, 1.54) is 19.3 Å². The van der Waals surface area contributed by atoms with Crippen LogP contribution in [0.1, 0.15) is 74.4 Å². The molecule has 1 fully saturated rings. The van der Waals surface area contributed by atoms with Gasteiger partial charge < -0.3 is 10.4 Å². The molecule has 2 N–H and O–H groups in total. The summed E-state index contributed by atoms with van der Waals surface area (Å²) in [5.41, 5.74) is 5.80. The number of fused-ring (bicyclic) bond motifs is 3. The van der Waals surface area contributed by atoms with Crippen LogP contribution in [-0.2, 0) is 24.1 Å². The molecular formula is C28H33N3O2S. The minimum Gasteiger partial charge on any atom is -0.508 e. The lowest BCUT2D eigenvalue weighted by molar-refractivity contribution is -0.115. The predicted octanol–water partition coefficient (Wildman–Crippen LogP) is 6.49. The number of rotatable bonds is 4. The molecule has 3 aromatic rings. The van der Waals surface area contributed by atoms with Crippen LogP contribution in [0.5, 0.6) is 5.75 Å². The number of carbonyl (C=O) groups excluding carboxylic acids is 1. The van der Waals surface area contributed by atoms with Crippen molar-refractivity contribution in [2.75, 3.05) is 5.32 Å². The molecule has 0 atom stereocenters. The fourth-order valence-corrected chi connectivity index (χ4v) is 5.02. The number of aryl methyl sites for hydroxylation is 2. The van der Waals surface area contributed by atoms with E-state index in [4.69, 9.17) is 9.97 Å². The first-order valence-electron chi connectivity index (χ1n) is 12.4. The van der Waals surface area contributed by atoms with Crippen LogP contribution in [0.3, 0.4) is 0 Å². The molecule has 0 bridgehead atoms. The highest BCUT2D eigenvalue weighted by molar-refractivity contribution is 7.80. The Kier molecular flexibility index (Phi) is 7.88. The third kappa shape index (κ3) is 5.44. The lowest BCUT2D eigenvalue weighted by atomic mass is 9.85. The molecule has 5 nitrogen and oxygen atoms in total. The number of phenolic OH excluding ortho intramolecular Hbond substituents is 1. The summed E-state index contributed by atoms with van der Waals surface area (Å²) < 4.78 is 0. The van der Waals surface area contributed by atoms with Crippen LogP contribution < -0.4 is 5.32 Å². The largest absolute Gasteiger partial charge is 0.508 e. The standard InChI is InChI=1S/C26H27N3O2S.C2H6/c30-19-9-12-21-18(15-19)8-13-22-25(21)29-24(17-4-2-1-3-5-17)26(27-22)28-23(31)14-16-6-10-20(32)11-7-16;1-2/h6-7,9-12,15,17,30,32H,1-5,8,13-14H2,(H,27,28,31);1-2H3. The van der Waals surface area contributed by atoms with Crippen molar-refractivity contribution in [1.29, 1.82) is 0 Å². The summed E-state index contributed by atoms with van der Waals surface area (Å²) in [5.74, 6) is 1.13. The number of anilines is 1. The molecule has 1 aromatic heterocycles. The smallest absolute Gasteiger partial charge is 0.229 e. The molecule has 5 rings (SSSR count). The number of carbonyl (C=O) groups is 1. The third-order valence-corrected chi connectivity index (χ3v) is 6.82. The van der Waals surface area contributed by atoms with Gasteiger partial charge in [0, 0.05) is 16.4 Å². The van der Waals surface area contributed by atoms with Crippen molar-refractivity contribution in [3.05, 3.63) is 65.0 Å². The van der Waals surface area contributed by atoms with E-state index < -0.39 is 0 Å². The van der Waals surface area contributed by atoms with Gasteiger partial charge in [0.25, 0.3) is 0 Å². The predicted molar refractivity (Wildman–Crippen MR) is 140 cm³/mol. The molecule has 34 heavy (non-hydrogen) atoms. The zero-order chi connectivity index (χ0) is 24.1. The highest BCUT2D eigenvalue weighted by Gasteiger charge is 2.27. The number of aromatic hydroxyl groups is 1. The van der Waals surface area contributed by atoms with E-state index in [2.05, 4.69) is 17.9 Å². The molecule has 0 spiro atoms. The Bertz CT molecular complexity index is 1160. The quantitative estimate of drug-likeness (QED) is 0.377. The zero-order valence-electron chi connectivity index (χ0n) is 20.0. The van der Waals surface area contributed by atoms with Gasteiger partial charge in [0.2, 0.25) is 5.91 Å². The number of benzene rings is 2. The van der Waals surface area contributed by atoms with Crippen molar-refractivity contribution < 1.29 is 9.90 Å². The Labute approximate surface area is 207 Å². The maximum atomic E-state index is 12.9. The van der Waals surface area contributed by atoms with Crippen molar-refractivity contribution in [3.63, 3.8) is 0 Å². The molecule has 0 radical (unpaired) electrons. The van der Waals surface area contributed by atoms with Crippen molar-refractivity contribution in [2.45, 2.75) is 76.0 Å². The van der Waals surface area contributed by atoms with Crippen LogP contribution >= 0.6 is 12.6 Å². The summed E-state index contributed by atoms with van der Waals surface area (Å²) >= 11 is 4.31. The Morgan fingerprint density at radius 2 is 1.76 bits per heavy atom. The molecule has 1 amide bonds. The van der Waals surface area contributed by atoms with E-state index in [9.17, 15) is 9.90 Å². The van der Waals surface area contributed by atoms with Crippen LogP contribution in [0, 0.1) is 0 Å². The number of hydrogen-bond acceptors (Lipinski definition) is 5. The van der Waals surface area contributed by atoms with Crippen LogP contribution in [0.25, 0.3) is 11.3 Å². The maximum Gasteiger partial charge on any atom is 0.229 e. The normalized spacial score (nSPS) is 14.9. The summed E-state index contributed by atoms with van der Waals surface area (Å²) in [4.78, 5) is 23.8. The van der Waals surface area contributed by atoms with Crippen molar-refractivity contribution in [1.82, 2.24) is 9.97 Å². The second-order valence-corrected chi connectivity index (χ2v) is 9.34. The zero-order valence-corrected chi connectivity index (χ0v) is 20.9. The van der Waals surface area contributed by atoms with Gasteiger partial charge in [-0.2, -0.15) is 0 Å². The van der Waals surface area contributed by atoms with Gasteiger partial charge in [-0.1, -0.05) is 45.2 Å². The molecule has 0 unspecified atom stereocenters. The Balaban J connectivity index is 0.00000133. The minimum absolute atomic E-state index is 0.0793. The average molecular weight is 476 g/mol. The maximum absolute atomic E-state index is 12.9. The van der Waals surface area contributed by atoms with Crippen LogP contribution in [0.2, 0.25) is 0 Å². The van der Waals surface area contributed by atoms with Gasteiger partial charge in [-0.3, -0.25) is 4.79 Å². The molecule has 1 saturated carbocycles. The van der Waals surface area contributed by atoms with Crippen LogP contribution in [-0.4, -0.2) is 21.0 Å². The van der Waals surface area contributed by atoms with Gasteiger partial charge >= 0.3 is 0 Å². The van der Waals surface area contributed by atoms with E-state index in [1.807, 2.05) is 50.2 Å². The summed E-state index contributed by atoms with van der Waals surface area (Å²) in [6, 6.07) is 13.1. The molecule has 6 heteroatoms. The van der Waals surface area contributed by atoms with Gasteiger partial charge in [0.15, 0.2) is 5.82 Å². The number of phenols is 1.